The van der Waals surface area contributed by atoms with Gasteiger partial charge in [-0.25, -0.2) is 9.97 Å². The Kier molecular flexibility index (Phi) is 3.24. The van der Waals surface area contributed by atoms with Crippen molar-refractivity contribution in [3.8, 4) is 11.1 Å². The van der Waals surface area contributed by atoms with Crippen LogP contribution in [0.3, 0.4) is 0 Å². The van der Waals surface area contributed by atoms with Gasteiger partial charge in [-0.3, -0.25) is 9.59 Å². The summed E-state index contributed by atoms with van der Waals surface area (Å²) in [5.74, 6) is -2.62. The van der Waals surface area contributed by atoms with Gasteiger partial charge < -0.3 is 5.73 Å². The number of benzene rings is 1. The molecule has 0 spiro atoms. The predicted octanol–water partition coefficient (Wildman–Crippen LogP) is 2.21. The summed E-state index contributed by atoms with van der Waals surface area (Å²) in [5.41, 5.74) is 6.15. The minimum Gasteiger partial charge on any atom is -0.366 e. The number of fused-ring (bicyclic) bond motifs is 3. The van der Waals surface area contributed by atoms with Gasteiger partial charge in [0.15, 0.2) is 0 Å². The Morgan fingerprint density at radius 1 is 1.17 bits per heavy atom. The van der Waals surface area contributed by atoms with E-state index in [-0.39, 0.29) is 16.8 Å². The molecule has 0 bridgehead atoms. The average Bonchev–Trinajstić information content (AvgIpc) is 2.77. The minimum atomic E-state index is -4.72. The number of carbonyl (C=O) groups is 2. The highest BCUT2D eigenvalue weighted by Gasteiger charge is 2.38. The Morgan fingerprint density at radius 2 is 1.91 bits per heavy atom. The quantitative estimate of drug-likeness (QED) is 0.734. The lowest BCUT2D eigenvalue weighted by Gasteiger charge is -2.05. The summed E-state index contributed by atoms with van der Waals surface area (Å²) in [4.78, 5) is 29.6. The van der Waals surface area contributed by atoms with Gasteiger partial charge in [0, 0.05) is 23.4 Å². The van der Waals surface area contributed by atoms with Gasteiger partial charge >= 0.3 is 6.18 Å². The maximum atomic E-state index is 12.7. The van der Waals surface area contributed by atoms with Gasteiger partial charge in [0.2, 0.25) is 17.5 Å². The molecule has 0 unspecified atom stereocenters. The number of aromatic nitrogens is 2. The van der Waals surface area contributed by atoms with Crippen LogP contribution in [0.5, 0.6) is 0 Å². The van der Waals surface area contributed by atoms with Gasteiger partial charge in [0.25, 0.3) is 0 Å². The van der Waals surface area contributed by atoms with Gasteiger partial charge in [0.1, 0.15) is 5.69 Å². The fourth-order valence-corrected chi connectivity index (χ4v) is 2.28. The van der Waals surface area contributed by atoms with Crippen molar-refractivity contribution in [1.29, 1.82) is 0 Å². The number of alkyl halides is 3. The molecule has 2 aromatic rings. The van der Waals surface area contributed by atoms with Crippen LogP contribution in [0.15, 0.2) is 30.5 Å². The van der Waals surface area contributed by atoms with Crippen molar-refractivity contribution in [1.82, 2.24) is 9.97 Å². The standard InChI is InChI=1S/C15H8F3N3O2/c16-15(17,18)14-20-6-10-8-3-1-7(2-4-11(19)22)5-9(8)13(23)12(10)21-14/h1-6H,(H2,19,22)/b4-2+. The summed E-state index contributed by atoms with van der Waals surface area (Å²) in [6.07, 6.45) is -1.20. The van der Waals surface area contributed by atoms with Gasteiger partial charge in [-0.2, -0.15) is 13.2 Å². The molecule has 0 radical (unpaired) electrons. The lowest BCUT2D eigenvalue weighted by molar-refractivity contribution is -0.145. The first-order valence-corrected chi connectivity index (χ1v) is 6.38. The molecule has 0 aliphatic heterocycles. The van der Waals surface area contributed by atoms with Crippen LogP contribution < -0.4 is 5.73 Å². The van der Waals surface area contributed by atoms with E-state index >= 15 is 0 Å². The Labute approximate surface area is 127 Å². The van der Waals surface area contributed by atoms with Crippen LogP contribution in [-0.2, 0) is 11.0 Å². The molecule has 1 amide bonds. The summed E-state index contributed by atoms with van der Waals surface area (Å²) >= 11 is 0. The Morgan fingerprint density at radius 3 is 2.57 bits per heavy atom. The first kappa shape index (κ1) is 14.9. The van der Waals surface area contributed by atoms with Gasteiger partial charge in [-0.05, 0) is 23.3 Å². The topological polar surface area (TPSA) is 85.9 Å². The fourth-order valence-electron chi connectivity index (χ4n) is 2.28. The molecule has 1 aliphatic carbocycles. The molecule has 23 heavy (non-hydrogen) atoms. The zero-order valence-corrected chi connectivity index (χ0v) is 11.4. The van der Waals surface area contributed by atoms with E-state index in [1.807, 2.05) is 0 Å². The molecule has 0 atom stereocenters. The van der Waals surface area contributed by atoms with Crippen LogP contribution in [0.1, 0.15) is 27.4 Å². The van der Waals surface area contributed by atoms with E-state index in [0.29, 0.717) is 11.1 Å². The van der Waals surface area contributed by atoms with Crippen molar-refractivity contribution in [2.24, 2.45) is 5.73 Å². The monoisotopic (exact) mass is 319 g/mol. The molecule has 116 valence electrons. The number of primary amides is 1. The number of hydrogen-bond donors (Lipinski definition) is 1. The van der Waals surface area contributed by atoms with Crippen LogP contribution in [-0.4, -0.2) is 21.7 Å². The highest BCUT2D eigenvalue weighted by Crippen LogP contribution is 2.37. The summed E-state index contributed by atoms with van der Waals surface area (Å²) in [6, 6.07) is 4.64. The van der Waals surface area contributed by atoms with E-state index in [9.17, 15) is 22.8 Å². The molecule has 0 saturated carbocycles. The number of carbonyl (C=O) groups excluding carboxylic acids is 2. The third kappa shape index (κ3) is 2.59. The molecular formula is C15H8F3N3O2. The van der Waals surface area contributed by atoms with Crippen molar-refractivity contribution in [3.05, 3.63) is 53.1 Å². The summed E-state index contributed by atoms with van der Waals surface area (Å²) < 4.78 is 38.0. The number of hydrogen-bond acceptors (Lipinski definition) is 4. The van der Waals surface area contributed by atoms with Crippen LogP contribution >= 0.6 is 0 Å². The summed E-state index contributed by atoms with van der Waals surface area (Å²) in [6.45, 7) is 0. The lowest BCUT2D eigenvalue weighted by Crippen LogP contribution is -2.13. The minimum absolute atomic E-state index is 0.209. The second-order valence-corrected chi connectivity index (χ2v) is 4.82. The molecule has 8 heteroatoms. The third-order valence-corrected chi connectivity index (χ3v) is 3.28. The largest absolute Gasteiger partial charge is 0.451 e. The van der Waals surface area contributed by atoms with Gasteiger partial charge in [0.05, 0.1) is 0 Å². The molecule has 3 rings (SSSR count). The lowest BCUT2D eigenvalue weighted by atomic mass is 10.0. The summed E-state index contributed by atoms with van der Waals surface area (Å²) in [5, 5.41) is 0. The summed E-state index contributed by atoms with van der Waals surface area (Å²) in [7, 11) is 0. The number of amides is 1. The molecular weight excluding hydrogens is 311 g/mol. The predicted molar refractivity (Wildman–Crippen MR) is 74.1 cm³/mol. The highest BCUT2D eigenvalue weighted by atomic mass is 19.4. The van der Waals surface area contributed by atoms with E-state index in [1.54, 1.807) is 12.1 Å². The highest BCUT2D eigenvalue weighted by molar-refractivity contribution is 6.20. The molecule has 1 aromatic heterocycles. The maximum Gasteiger partial charge on any atom is 0.451 e. The van der Waals surface area contributed by atoms with Crippen LogP contribution in [0.2, 0.25) is 0 Å². The third-order valence-electron chi connectivity index (χ3n) is 3.28. The number of rotatable bonds is 2. The van der Waals surface area contributed by atoms with Gasteiger partial charge in [-0.1, -0.05) is 12.1 Å². The molecule has 0 fully saturated rings. The van der Waals surface area contributed by atoms with E-state index in [1.165, 1.54) is 12.1 Å². The smallest absolute Gasteiger partial charge is 0.366 e. The number of ketones is 1. The van der Waals surface area contributed by atoms with Gasteiger partial charge in [-0.15, -0.1) is 0 Å². The number of nitrogens with two attached hydrogens (primary N) is 1. The van der Waals surface area contributed by atoms with Crippen molar-refractivity contribution >= 4 is 17.8 Å². The Hall–Kier alpha value is -3.03. The van der Waals surface area contributed by atoms with Crippen molar-refractivity contribution in [2.75, 3.05) is 0 Å². The number of halogens is 3. The SMILES string of the molecule is NC(=O)/C=C/c1ccc2c(c1)C(=O)c1nc(C(F)(F)F)ncc1-2. The first-order chi connectivity index (χ1) is 10.8. The fraction of sp³-hybridized carbons (Fsp3) is 0.0667. The Balaban J connectivity index is 2.07. The molecule has 5 nitrogen and oxygen atoms in total. The molecule has 1 aromatic carbocycles. The van der Waals surface area contributed by atoms with E-state index in [4.69, 9.17) is 5.73 Å². The van der Waals surface area contributed by atoms with E-state index < -0.39 is 23.7 Å². The molecule has 1 heterocycles. The zero-order valence-electron chi connectivity index (χ0n) is 11.4. The molecule has 1 aliphatic rings. The number of nitrogens with zero attached hydrogens (tertiary/aromatic N) is 2. The van der Waals surface area contributed by atoms with Crippen LogP contribution in [0.4, 0.5) is 13.2 Å². The van der Waals surface area contributed by atoms with E-state index in [2.05, 4.69) is 9.97 Å². The average molecular weight is 319 g/mol. The maximum absolute atomic E-state index is 12.7. The molecule has 0 saturated heterocycles. The first-order valence-electron chi connectivity index (χ1n) is 6.38. The van der Waals surface area contributed by atoms with Crippen LogP contribution in [0.25, 0.3) is 17.2 Å². The van der Waals surface area contributed by atoms with E-state index in [0.717, 1.165) is 12.3 Å². The second kappa shape index (κ2) is 5.01. The molecule has 2 N–H and O–H groups in total. The van der Waals surface area contributed by atoms with Crippen molar-refractivity contribution in [3.63, 3.8) is 0 Å². The van der Waals surface area contributed by atoms with Crippen LogP contribution in [0, 0.1) is 0 Å². The second-order valence-electron chi connectivity index (χ2n) is 4.82. The Bertz CT molecular complexity index is 873. The normalized spacial score (nSPS) is 13.3. The zero-order chi connectivity index (χ0) is 16.8. The van der Waals surface area contributed by atoms with Crippen molar-refractivity contribution < 1.29 is 22.8 Å². The van der Waals surface area contributed by atoms with Crippen molar-refractivity contribution in [2.45, 2.75) is 6.18 Å².